The number of para-hydroxylation sites is 1. The first-order valence-corrected chi connectivity index (χ1v) is 12.8. The molecule has 0 saturated carbocycles. The first-order valence-electron chi connectivity index (χ1n) is 8.91. The molecular formula is C20H23N3O3S3. The molecule has 0 spiro atoms. The molecule has 3 aromatic rings. The molecule has 0 saturated heterocycles. The Labute approximate surface area is 179 Å². The second-order valence-electron chi connectivity index (χ2n) is 6.86. The minimum absolute atomic E-state index is 0.153. The van der Waals surface area contributed by atoms with Crippen molar-refractivity contribution in [3.05, 3.63) is 48.0 Å². The fourth-order valence-electron chi connectivity index (χ4n) is 2.80. The van der Waals surface area contributed by atoms with E-state index in [9.17, 15) is 13.2 Å². The lowest BCUT2D eigenvalue weighted by molar-refractivity contribution is 0.0985. The lowest BCUT2D eigenvalue weighted by Crippen LogP contribution is -2.36. The van der Waals surface area contributed by atoms with Crippen LogP contribution in [-0.2, 0) is 9.84 Å². The number of anilines is 1. The van der Waals surface area contributed by atoms with Crippen molar-refractivity contribution >= 4 is 54.2 Å². The van der Waals surface area contributed by atoms with E-state index in [4.69, 9.17) is 0 Å². The highest BCUT2D eigenvalue weighted by molar-refractivity contribution is 7.98. The molecule has 0 atom stereocenters. The molecule has 0 aliphatic carbocycles. The van der Waals surface area contributed by atoms with Gasteiger partial charge in [-0.2, -0.15) is 0 Å². The van der Waals surface area contributed by atoms with Gasteiger partial charge in [0.1, 0.15) is 5.52 Å². The van der Waals surface area contributed by atoms with Gasteiger partial charge in [-0.25, -0.2) is 13.4 Å². The summed E-state index contributed by atoms with van der Waals surface area (Å²) in [4.78, 5) is 22.7. The average molecular weight is 450 g/mol. The zero-order chi connectivity index (χ0) is 21.2. The number of carbonyl (C=O) groups excluding carboxylic acids is 1. The lowest BCUT2D eigenvalue weighted by Gasteiger charge is -2.22. The molecule has 0 fully saturated rings. The van der Waals surface area contributed by atoms with Crippen molar-refractivity contribution in [2.75, 3.05) is 44.6 Å². The maximum atomic E-state index is 13.3. The van der Waals surface area contributed by atoms with Crippen LogP contribution in [0.3, 0.4) is 0 Å². The molecule has 2 aromatic carbocycles. The molecule has 154 valence electrons. The molecule has 6 nitrogen and oxygen atoms in total. The molecule has 29 heavy (non-hydrogen) atoms. The Bertz CT molecular complexity index is 1120. The van der Waals surface area contributed by atoms with Crippen LogP contribution in [0.25, 0.3) is 10.2 Å². The molecule has 0 bridgehead atoms. The minimum Gasteiger partial charge on any atom is -0.308 e. The average Bonchev–Trinajstić information content (AvgIpc) is 3.10. The van der Waals surface area contributed by atoms with Gasteiger partial charge < -0.3 is 4.90 Å². The van der Waals surface area contributed by atoms with Crippen LogP contribution in [0.1, 0.15) is 10.4 Å². The van der Waals surface area contributed by atoms with Crippen molar-refractivity contribution in [2.45, 2.75) is 9.79 Å². The highest BCUT2D eigenvalue weighted by Crippen LogP contribution is 2.33. The zero-order valence-electron chi connectivity index (χ0n) is 16.7. The van der Waals surface area contributed by atoms with Gasteiger partial charge in [-0.15, -0.1) is 11.8 Å². The SMILES string of the molecule is CSc1ccc(C(=O)N(CCN(C)C)c2nc3c(S(C)(=O)=O)cccc3s2)cc1. The zero-order valence-corrected chi connectivity index (χ0v) is 19.2. The van der Waals surface area contributed by atoms with Crippen LogP contribution in [-0.4, -0.2) is 63.9 Å². The van der Waals surface area contributed by atoms with Gasteiger partial charge in [0, 0.05) is 29.8 Å². The topological polar surface area (TPSA) is 70.6 Å². The van der Waals surface area contributed by atoms with Gasteiger partial charge >= 0.3 is 0 Å². The van der Waals surface area contributed by atoms with Crippen molar-refractivity contribution in [3.8, 4) is 0 Å². The van der Waals surface area contributed by atoms with E-state index in [2.05, 4.69) is 4.98 Å². The molecule has 0 N–H and O–H groups in total. The van der Waals surface area contributed by atoms with E-state index >= 15 is 0 Å². The van der Waals surface area contributed by atoms with E-state index < -0.39 is 9.84 Å². The third kappa shape index (κ3) is 4.98. The molecule has 0 aliphatic rings. The van der Waals surface area contributed by atoms with Crippen LogP contribution in [0.2, 0.25) is 0 Å². The van der Waals surface area contributed by atoms with E-state index in [1.165, 1.54) is 17.6 Å². The maximum absolute atomic E-state index is 13.3. The Kier molecular flexibility index (Phi) is 6.62. The molecule has 3 rings (SSSR count). The van der Waals surface area contributed by atoms with Gasteiger partial charge in [-0.1, -0.05) is 17.4 Å². The van der Waals surface area contributed by atoms with E-state index in [0.29, 0.717) is 29.3 Å². The van der Waals surface area contributed by atoms with Crippen LogP contribution in [0, 0.1) is 0 Å². The second-order valence-corrected chi connectivity index (χ2v) is 10.7. The van der Waals surface area contributed by atoms with Gasteiger partial charge in [0.2, 0.25) is 0 Å². The first kappa shape index (κ1) is 21.8. The fourth-order valence-corrected chi connectivity index (χ4v) is 5.12. The van der Waals surface area contributed by atoms with E-state index in [1.54, 1.807) is 28.8 Å². The number of carbonyl (C=O) groups is 1. The summed E-state index contributed by atoms with van der Waals surface area (Å²) >= 11 is 2.94. The summed E-state index contributed by atoms with van der Waals surface area (Å²) in [5.74, 6) is -0.153. The van der Waals surface area contributed by atoms with Gasteiger partial charge in [0.05, 0.1) is 9.60 Å². The van der Waals surface area contributed by atoms with E-state index in [0.717, 1.165) is 9.60 Å². The highest BCUT2D eigenvalue weighted by atomic mass is 32.2. The Morgan fingerprint density at radius 1 is 1.10 bits per heavy atom. The fraction of sp³-hybridized carbons (Fsp3) is 0.300. The molecule has 0 aliphatic heterocycles. The number of fused-ring (bicyclic) bond motifs is 1. The van der Waals surface area contributed by atoms with Gasteiger partial charge in [0.25, 0.3) is 5.91 Å². The summed E-state index contributed by atoms with van der Waals surface area (Å²) in [6, 6.07) is 12.5. The van der Waals surface area contributed by atoms with Crippen molar-refractivity contribution in [3.63, 3.8) is 0 Å². The number of amides is 1. The van der Waals surface area contributed by atoms with Crippen molar-refractivity contribution in [1.29, 1.82) is 0 Å². The lowest BCUT2D eigenvalue weighted by atomic mass is 10.2. The number of nitrogens with zero attached hydrogens (tertiary/aromatic N) is 3. The minimum atomic E-state index is -3.42. The van der Waals surface area contributed by atoms with Crippen molar-refractivity contribution < 1.29 is 13.2 Å². The van der Waals surface area contributed by atoms with Crippen LogP contribution in [0.4, 0.5) is 5.13 Å². The number of rotatable bonds is 7. The quantitative estimate of drug-likeness (QED) is 0.513. The number of hydrogen-bond donors (Lipinski definition) is 0. The third-order valence-electron chi connectivity index (χ3n) is 4.35. The molecule has 0 unspecified atom stereocenters. The molecule has 9 heteroatoms. The first-order chi connectivity index (χ1) is 13.7. The van der Waals surface area contributed by atoms with E-state index in [1.807, 2.05) is 55.6 Å². The smallest absolute Gasteiger partial charge is 0.260 e. The third-order valence-corrected chi connectivity index (χ3v) is 7.27. The second kappa shape index (κ2) is 8.83. The van der Waals surface area contributed by atoms with Crippen molar-refractivity contribution in [2.24, 2.45) is 0 Å². The molecular weight excluding hydrogens is 426 g/mol. The summed E-state index contributed by atoms with van der Waals surface area (Å²) in [7, 11) is 0.464. The van der Waals surface area contributed by atoms with Crippen LogP contribution >= 0.6 is 23.1 Å². The maximum Gasteiger partial charge on any atom is 0.260 e. The highest BCUT2D eigenvalue weighted by Gasteiger charge is 2.23. The predicted molar refractivity (Wildman–Crippen MR) is 121 cm³/mol. The van der Waals surface area contributed by atoms with Crippen LogP contribution in [0.5, 0.6) is 0 Å². The summed E-state index contributed by atoms with van der Waals surface area (Å²) in [5, 5.41) is 0.497. The van der Waals surface area contributed by atoms with Crippen molar-refractivity contribution in [1.82, 2.24) is 9.88 Å². The molecule has 1 heterocycles. The van der Waals surface area contributed by atoms with Gasteiger partial charge in [0.15, 0.2) is 15.0 Å². The Balaban J connectivity index is 2.05. The molecule has 1 amide bonds. The predicted octanol–water partition coefficient (Wildman–Crippen LogP) is 3.63. The number of likely N-dealkylation sites (N-methyl/N-ethyl adjacent to an activating group) is 1. The molecule has 1 aromatic heterocycles. The normalized spacial score (nSPS) is 11.9. The summed E-state index contributed by atoms with van der Waals surface area (Å²) in [6.07, 6.45) is 3.16. The monoisotopic (exact) mass is 449 g/mol. The van der Waals surface area contributed by atoms with E-state index in [-0.39, 0.29) is 10.8 Å². The number of hydrogen-bond acceptors (Lipinski definition) is 7. The van der Waals surface area contributed by atoms with Crippen LogP contribution < -0.4 is 4.90 Å². The number of aromatic nitrogens is 1. The molecule has 0 radical (unpaired) electrons. The largest absolute Gasteiger partial charge is 0.308 e. The van der Waals surface area contributed by atoms with Gasteiger partial charge in [-0.3, -0.25) is 9.69 Å². The van der Waals surface area contributed by atoms with Crippen LogP contribution in [0.15, 0.2) is 52.3 Å². The Morgan fingerprint density at radius 2 is 1.79 bits per heavy atom. The summed E-state index contributed by atoms with van der Waals surface area (Å²) < 4.78 is 25.0. The Hall–Kier alpha value is -1.94. The standard InChI is InChI=1S/C20H23N3O3S3/c1-22(2)12-13-23(19(24)14-8-10-15(27-3)11-9-14)20-21-18-16(28-20)6-5-7-17(18)29(4,25)26/h5-11H,12-13H2,1-4H3. The number of sulfone groups is 1. The number of benzene rings is 2. The summed E-state index contributed by atoms with van der Waals surface area (Å²) in [6.45, 7) is 1.10. The number of thiazole rings is 1. The van der Waals surface area contributed by atoms with Gasteiger partial charge in [-0.05, 0) is 56.7 Å². The number of thioether (sulfide) groups is 1. The Morgan fingerprint density at radius 3 is 2.38 bits per heavy atom. The summed E-state index contributed by atoms with van der Waals surface area (Å²) in [5.41, 5.74) is 0.986.